The highest BCUT2D eigenvalue weighted by Crippen LogP contribution is 2.16. The molecule has 2 aliphatic rings. The van der Waals surface area contributed by atoms with Gasteiger partial charge in [-0.25, -0.2) is 19.4 Å². The molecule has 0 spiro atoms. The third kappa shape index (κ3) is 3.08. The van der Waals surface area contributed by atoms with Gasteiger partial charge in [0.15, 0.2) is 0 Å². The van der Waals surface area contributed by atoms with E-state index in [4.69, 9.17) is 11.6 Å². The first-order valence-corrected chi connectivity index (χ1v) is 7.23. The van der Waals surface area contributed by atoms with Crippen molar-refractivity contribution in [3.05, 3.63) is 34.6 Å². The number of carbonyl (C=O) groups is 3. The summed E-state index contributed by atoms with van der Waals surface area (Å²) in [5.74, 6) is -1.20. The van der Waals surface area contributed by atoms with Crippen molar-refractivity contribution in [1.29, 1.82) is 0 Å². The number of halogens is 2. The van der Waals surface area contributed by atoms with Crippen LogP contribution in [0.4, 0.5) is 14.0 Å². The second kappa shape index (κ2) is 6.32. The van der Waals surface area contributed by atoms with Gasteiger partial charge in [-0.05, 0) is 12.1 Å². The van der Waals surface area contributed by atoms with E-state index in [0.717, 1.165) is 11.1 Å². The number of fused-ring (bicyclic) bond motifs is 1. The maximum atomic E-state index is 13.5. The number of hydrogen-bond acceptors (Lipinski definition) is 4. The molecule has 0 bridgehead atoms. The van der Waals surface area contributed by atoms with Crippen LogP contribution in [0.5, 0.6) is 0 Å². The van der Waals surface area contributed by atoms with E-state index in [1.54, 1.807) is 0 Å². The largest absolute Gasteiger partial charge is 0.321 e. The van der Waals surface area contributed by atoms with Crippen molar-refractivity contribution in [1.82, 2.24) is 26.3 Å². The van der Waals surface area contributed by atoms with Crippen LogP contribution in [0.3, 0.4) is 0 Å². The average Bonchev–Trinajstić information content (AvgIpc) is 2.99. The zero-order valence-electron chi connectivity index (χ0n) is 12.0. The summed E-state index contributed by atoms with van der Waals surface area (Å²) in [6, 6.07) is 3.19. The van der Waals surface area contributed by atoms with Gasteiger partial charge in [0.05, 0.1) is 11.2 Å². The highest BCUT2D eigenvalue weighted by Gasteiger charge is 2.45. The quantitative estimate of drug-likeness (QED) is 0.448. The topological polar surface area (TPSA) is 115 Å². The Labute approximate surface area is 140 Å². The van der Waals surface area contributed by atoms with Gasteiger partial charge in [-0.15, -0.1) is 0 Å². The molecule has 2 heterocycles. The van der Waals surface area contributed by atoms with E-state index in [9.17, 15) is 18.8 Å². The van der Waals surface area contributed by atoms with Crippen LogP contribution in [0.15, 0.2) is 23.3 Å². The molecule has 0 aliphatic carbocycles. The van der Waals surface area contributed by atoms with Gasteiger partial charge in [0.25, 0.3) is 5.91 Å². The zero-order valence-corrected chi connectivity index (χ0v) is 12.8. The van der Waals surface area contributed by atoms with E-state index in [0.29, 0.717) is 0 Å². The minimum atomic E-state index is -0.666. The first-order chi connectivity index (χ1) is 11.5. The third-order valence-corrected chi connectivity index (χ3v) is 3.78. The number of carbonyl (C=O) groups excluding carboxylic acids is 3. The van der Waals surface area contributed by atoms with Crippen LogP contribution in [-0.2, 0) is 4.79 Å². The van der Waals surface area contributed by atoms with Crippen LogP contribution in [0.1, 0.15) is 5.56 Å². The van der Waals surface area contributed by atoms with Gasteiger partial charge in [0.1, 0.15) is 24.7 Å². The van der Waals surface area contributed by atoms with Crippen LogP contribution < -0.4 is 21.4 Å². The Balaban J connectivity index is 1.59. The molecular formula is C13H12ClFN6O3. The summed E-state index contributed by atoms with van der Waals surface area (Å²) in [6.45, 7) is -0.336. The first-order valence-electron chi connectivity index (χ1n) is 6.86. The summed E-state index contributed by atoms with van der Waals surface area (Å²) in [5, 5.41) is 11.3. The van der Waals surface area contributed by atoms with Crippen LogP contribution in [-0.4, -0.2) is 48.0 Å². The maximum Gasteiger partial charge on any atom is 0.321 e. The molecule has 2 unspecified atom stereocenters. The number of amides is 5. The van der Waals surface area contributed by atoms with Gasteiger partial charge in [-0.1, -0.05) is 17.7 Å². The van der Waals surface area contributed by atoms with E-state index < -0.39 is 36.1 Å². The molecule has 2 fully saturated rings. The Hall–Kier alpha value is -2.88. The van der Waals surface area contributed by atoms with E-state index in [1.165, 1.54) is 18.2 Å². The van der Waals surface area contributed by atoms with Gasteiger partial charge in [0.2, 0.25) is 0 Å². The van der Waals surface area contributed by atoms with Crippen molar-refractivity contribution in [3.63, 3.8) is 0 Å². The summed E-state index contributed by atoms with van der Waals surface area (Å²) >= 11 is 5.82. The number of hydrazone groups is 1. The van der Waals surface area contributed by atoms with Crippen LogP contribution in [0.2, 0.25) is 5.02 Å². The normalized spacial score (nSPS) is 22.2. The van der Waals surface area contributed by atoms with Gasteiger partial charge < -0.3 is 16.0 Å². The van der Waals surface area contributed by atoms with Crippen molar-refractivity contribution in [3.8, 4) is 0 Å². The summed E-state index contributed by atoms with van der Waals surface area (Å²) in [6.07, 6.45) is -0.194. The Morgan fingerprint density at radius 3 is 2.92 bits per heavy atom. The molecule has 2 saturated heterocycles. The predicted molar refractivity (Wildman–Crippen MR) is 81.6 cm³/mol. The molecule has 4 N–H and O–H groups in total. The Bertz CT molecular complexity index is 722. The molecule has 0 saturated carbocycles. The predicted octanol–water partition coefficient (Wildman–Crippen LogP) is -0.0806. The monoisotopic (exact) mass is 354 g/mol. The Kier molecular flexibility index (Phi) is 4.21. The number of rotatable bonds is 4. The molecule has 2 atom stereocenters. The Morgan fingerprint density at radius 2 is 2.17 bits per heavy atom. The lowest BCUT2D eigenvalue weighted by atomic mass is 10.2. The molecule has 3 rings (SSSR count). The average molecular weight is 355 g/mol. The number of benzene rings is 1. The summed E-state index contributed by atoms with van der Waals surface area (Å²) in [5.41, 5.74) is 2.21. The lowest BCUT2D eigenvalue weighted by molar-refractivity contribution is -0.121. The summed E-state index contributed by atoms with van der Waals surface area (Å²) in [7, 11) is 0. The minimum absolute atomic E-state index is 0.0331. The van der Waals surface area contributed by atoms with Crippen LogP contribution in [0.25, 0.3) is 0 Å². The SMILES string of the molecule is O=C(CN1C(=O)NC2NC(=O)NC21)N/N=C/c1c(F)cccc1Cl. The summed E-state index contributed by atoms with van der Waals surface area (Å²) < 4.78 is 13.5. The first kappa shape index (κ1) is 16.0. The van der Waals surface area contributed by atoms with Crippen LogP contribution in [0, 0.1) is 5.82 Å². The fraction of sp³-hybridized carbons (Fsp3) is 0.231. The second-order valence-electron chi connectivity index (χ2n) is 5.05. The highest BCUT2D eigenvalue weighted by molar-refractivity contribution is 6.33. The number of hydrogen-bond donors (Lipinski definition) is 4. The van der Waals surface area contributed by atoms with Crippen molar-refractivity contribution in [2.75, 3.05) is 6.54 Å². The molecule has 0 aromatic heterocycles. The smallest absolute Gasteiger partial charge is 0.314 e. The third-order valence-electron chi connectivity index (χ3n) is 3.45. The lowest BCUT2D eigenvalue weighted by Crippen LogP contribution is -2.47. The minimum Gasteiger partial charge on any atom is -0.314 e. The fourth-order valence-electron chi connectivity index (χ4n) is 2.36. The lowest BCUT2D eigenvalue weighted by Gasteiger charge is -2.19. The van der Waals surface area contributed by atoms with Gasteiger partial charge in [-0.3, -0.25) is 9.69 Å². The van der Waals surface area contributed by atoms with E-state index in [-0.39, 0.29) is 17.1 Å². The molecule has 2 aliphatic heterocycles. The molecular weight excluding hydrogens is 343 g/mol. The molecule has 11 heteroatoms. The van der Waals surface area contributed by atoms with Crippen LogP contribution >= 0.6 is 11.6 Å². The Morgan fingerprint density at radius 1 is 1.38 bits per heavy atom. The van der Waals surface area contributed by atoms with Crippen molar-refractivity contribution >= 4 is 35.8 Å². The molecule has 0 radical (unpaired) electrons. The van der Waals surface area contributed by atoms with Gasteiger partial charge in [-0.2, -0.15) is 5.10 Å². The molecule has 126 valence electrons. The van der Waals surface area contributed by atoms with E-state index in [1.807, 2.05) is 0 Å². The maximum absolute atomic E-state index is 13.5. The second-order valence-corrected chi connectivity index (χ2v) is 5.45. The number of nitrogens with one attached hydrogen (secondary N) is 4. The van der Waals surface area contributed by atoms with E-state index in [2.05, 4.69) is 26.5 Å². The fourth-order valence-corrected chi connectivity index (χ4v) is 2.57. The molecule has 9 nitrogen and oxygen atoms in total. The molecule has 1 aromatic rings. The standard InChI is InChI=1S/C13H12ClFN6O3/c14-7-2-1-3-8(15)6(7)4-16-20-9(22)5-21-11-10(18-13(21)24)17-12(23)19-11/h1-4,10-11H,5H2,(H,18,24)(H,20,22)(H2,17,19,23)/b16-4+. The molecule has 24 heavy (non-hydrogen) atoms. The van der Waals surface area contributed by atoms with Crippen molar-refractivity contribution in [2.45, 2.75) is 12.3 Å². The number of nitrogens with zero attached hydrogens (tertiary/aromatic N) is 2. The number of urea groups is 2. The highest BCUT2D eigenvalue weighted by atomic mass is 35.5. The molecule has 1 aromatic carbocycles. The van der Waals surface area contributed by atoms with Gasteiger partial charge in [0, 0.05) is 5.56 Å². The van der Waals surface area contributed by atoms with Gasteiger partial charge >= 0.3 is 12.1 Å². The van der Waals surface area contributed by atoms with Crippen molar-refractivity contribution in [2.24, 2.45) is 5.10 Å². The molecule has 5 amide bonds. The zero-order chi connectivity index (χ0) is 17.3. The summed E-state index contributed by atoms with van der Waals surface area (Å²) in [4.78, 5) is 36.0. The van der Waals surface area contributed by atoms with Crippen molar-refractivity contribution < 1.29 is 18.8 Å². The van der Waals surface area contributed by atoms with E-state index >= 15 is 0 Å².